The molecule has 0 unspecified atom stereocenters. The fraction of sp³-hybridized carbons (Fsp3) is 0.125. The van der Waals surface area contributed by atoms with Crippen molar-refractivity contribution in [1.82, 2.24) is 9.55 Å². The lowest BCUT2D eigenvalue weighted by Gasteiger charge is -2.14. The molecule has 0 spiro atoms. The molecule has 1 heterocycles. The highest BCUT2D eigenvalue weighted by atomic mass is 32.2. The number of nitrogens with zero attached hydrogens (tertiary/aromatic N) is 2. The highest BCUT2D eigenvalue weighted by Crippen LogP contribution is 2.22. The molecule has 150 valence electrons. The third-order valence-electron chi connectivity index (χ3n) is 4.79. The molecule has 0 radical (unpaired) electrons. The van der Waals surface area contributed by atoms with Crippen molar-refractivity contribution >= 4 is 34.3 Å². The van der Waals surface area contributed by atoms with Crippen molar-refractivity contribution in [2.45, 2.75) is 19.0 Å². The quantitative estimate of drug-likeness (QED) is 0.378. The molecule has 5 nitrogen and oxygen atoms in total. The summed E-state index contributed by atoms with van der Waals surface area (Å²) in [6.45, 7) is 3.94. The van der Waals surface area contributed by atoms with Crippen molar-refractivity contribution in [3.05, 3.63) is 94.3 Å². The molecule has 0 aliphatic rings. The van der Waals surface area contributed by atoms with Gasteiger partial charge in [-0.2, -0.15) is 0 Å². The second-order valence-corrected chi connectivity index (χ2v) is 7.98. The van der Waals surface area contributed by atoms with E-state index in [2.05, 4.69) is 10.3 Å². The first-order chi connectivity index (χ1) is 14.5. The molecule has 0 bridgehead atoms. The Morgan fingerprint density at radius 1 is 0.967 bits per heavy atom. The van der Waals surface area contributed by atoms with Crippen molar-refractivity contribution < 1.29 is 4.79 Å². The fourth-order valence-electron chi connectivity index (χ4n) is 3.16. The molecule has 0 aliphatic heterocycles. The zero-order chi connectivity index (χ0) is 21.1. The lowest BCUT2D eigenvalue weighted by molar-refractivity contribution is -0.113. The lowest BCUT2D eigenvalue weighted by atomic mass is 10.2. The second-order valence-electron chi connectivity index (χ2n) is 7.04. The Labute approximate surface area is 178 Å². The van der Waals surface area contributed by atoms with E-state index in [1.165, 1.54) is 11.8 Å². The molecule has 1 aromatic heterocycles. The van der Waals surface area contributed by atoms with Crippen LogP contribution in [-0.4, -0.2) is 21.2 Å². The molecule has 0 fully saturated rings. The predicted octanol–water partition coefficient (Wildman–Crippen LogP) is 4.73. The van der Waals surface area contributed by atoms with Gasteiger partial charge >= 0.3 is 0 Å². The van der Waals surface area contributed by atoms with Gasteiger partial charge < -0.3 is 5.32 Å². The van der Waals surface area contributed by atoms with Gasteiger partial charge in [0.15, 0.2) is 5.16 Å². The Balaban J connectivity index is 1.68. The summed E-state index contributed by atoms with van der Waals surface area (Å²) < 4.78 is 1.58. The van der Waals surface area contributed by atoms with E-state index in [4.69, 9.17) is 0 Å². The number of hydrogen-bond acceptors (Lipinski definition) is 4. The van der Waals surface area contributed by atoms with E-state index in [1.54, 1.807) is 10.6 Å². The van der Waals surface area contributed by atoms with E-state index in [1.807, 2.05) is 80.6 Å². The van der Waals surface area contributed by atoms with Crippen LogP contribution < -0.4 is 10.9 Å². The molecule has 30 heavy (non-hydrogen) atoms. The first-order valence-electron chi connectivity index (χ1n) is 9.60. The first-order valence-corrected chi connectivity index (χ1v) is 10.6. The van der Waals surface area contributed by atoms with Crippen LogP contribution in [0.15, 0.2) is 82.7 Å². The molecule has 0 atom stereocenters. The fourth-order valence-corrected chi connectivity index (χ4v) is 3.97. The van der Waals surface area contributed by atoms with Crippen LogP contribution in [0.3, 0.4) is 0 Å². The molecule has 1 N–H and O–H groups in total. The summed E-state index contributed by atoms with van der Waals surface area (Å²) in [5.74, 6) is -0.00232. The minimum absolute atomic E-state index is 0.144. The smallest absolute Gasteiger partial charge is 0.266 e. The molecule has 6 heteroatoms. The van der Waals surface area contributed by atoms with Crippen molar-refractivity contribution in [1.29, 1.82) is 0 Å². The van der Waals surface area contributed by atoms with Gasteiger partial charge in [-0.3, -0.25) is 14.2 Å². The van der Waals surface area contributed by atoms with E-state index < -0.39 is 0 Å². The normalized spacial score (nSPS) is 10.9. The van der Waals surface area contributed by atoms with Gasteiger partial charge in [-0.15, -0.1) is 0 Å². The van der Waals surface area contributed by atoms with Gasteiger partial charge in [0.1, 0.15) is 0 Å². The van der Waals surface area contributed by atoms with Crippen LogP contribution in [0.1, 0.15) is 11.1 Å². The minimum Gasteiger partial charge on any atom is -0.325 e. The zero-order valence-electron chi connectivity index (χ0n) is 16.8. The Morgan fingerprint density at radius 3 is 2.43 bits per heavy atom. The number of carbonyl (C=O) groups is 1. The predicted molar refractivity (Wildman–Crippen MR) is 123 cm³/mol. The number of aromatic nitrogens is 2. The van der Waals surface area contributed by atoms with Crippen molar-refractivity contribution in [2.75, 3.05) is 11.1 Å². The van der Waals surface area contributed by atoms with Gasteiger partial charge in [-0.25, -0.2) is 4.98 Å². The van der Waals surface area contributed by atoms with Crippen LogP contribution in [-0.2, 0) is 4.79 Å². The average Bonchev–Trinajstić information content (AvgIpc) is 2.75. The van der Waals surface area contributed by atoms with E-state index in [-0.39, 0.29) is 17.2 Å². The Kier molecular flexibility index (Phi) is 5.68. The van der Waals surface area contributed by atoms with Crippen LogP contribution in [0.4, 0.5) is 5.69 Å². The molecular weight excluding hydrogens is 394 g/mol. The van der Waals surface area contributed by atoms with E-state index in [0.29, 0.717) is 16.1 Å². The molecule has 4 aromatic rings. The average molecular weight is 416 g/mol. The summed E-state index contributed by atoms with van der Waals surface area (Å²) in [4.78, 5) is 30.4. The van der Waals surface area contributed by atoms with Crippen molar-refractivity contribution in [2.24, 2.45) is 0 Å². The van der Waals surface area contributed by atoms with Crippen LogP contribution in [0.2, 0.25) is 0 Å². The highest BCUT2D eigenvalue weighted by Gasteiger charge is 2.15. The van der Waals surface area contributed by atoms with Gasteiger partial charge in [0, 0.05) is 5.69 Å². The van der Waals surface area contributed by atoms with Gasteiger partial charge in [-0.1, -0.05) is 59.8 Å². The zero-order valence-corrected chi connectivity index (χ0v) is 17.6. The second kappa shape index (κ2) is 8.55. The Morgan fingerprint density at radius 2 is 1.67 bits per heavy atom. The van der Waals surface area contributed by atoms with Gasteiger partial charge in [0.25, 0.3) is 5.56 Å². The number of aryl methyl sites for hydroxylation is 2. The number of benzene rings is 3. The Bertz CT molecular complexity index is 1280. The maximum Gasteiger partial charge on any atom is 0.266 e. The van der Waals surface area contributed by atoms with Crippen LogP contribution in [0.25, 0.3) is 16.6 Å². The minimum atomic E-state index is -0.147. The summed E-state index contributed by atoms with van der Waals surface area (Å²) >= 11 is 1.25. The molecule has 4 rings (SSSR count). The SMILES string of the molecule is Cc1ccc(-n2c(SCC(=O)Nc3ccccc3C)nc3ccccc3c2=O)cc1. The maximum absolute atomic E-state index is 13.2. The number of para-hydroxylation sites is 2. The molecular formula is C24H21N3O2S. The Hall–Kier alpha value is -3.38. The van der Waals surface area contributed by atoms with Gasteiger partial charge in [-0.05, 0) is 49.7 Å². The third-order valence-corrected chi connectivity index (χ3v) is 5.73. The number of amides is 1. The van der Waals surface area contributed by atoms with Gasteiger partial charge in [0.05, 0.1) is 22.3 Å². The van der Waals surface area contributed by atoms with Crippen LogP contribution >= 0.6 is 11.8 Å². The standard InChI is InChI=1S/C24H21N3O2S/c1-16-11-13-18(14-12-16)27-23(29)19-8-4-6-10-21(19)26-24(27)30-15-22(28)25-20-9-5-3-7-17(20)2/h3-14H,15H2,1-2H3,(H,25,28). The number of thioether (sulfide) groups is 1. The highest BCUT2D eigenvalue weighted by molar-refractivity contribution is 7.99. The van der Waals surface area contributed by atoms with Crippen molar-refractivity contribution in [3.63, 3.8) is 0 Å². The van der Waals surface area contributed by atoms with Crippen LogP contribution in [0.5, 0.6) is 0 Å². The largest absolute Gasteiger partial charge is 0.325 e. The molecule has 1 amide bonds. The number of rotatable bonds is 5. The van der Waals surface area contributed by atoms with Crippen molar-refractivity contribution in [3.8, 4) is 5.69 Å². The number of fused-ring (bicyclic) bond motifs is 1. The summed E-state index contributed by atoms with van der Waals surface area (Å²) in [5, 5.41) is 3.96. The van der Waals surface area contributed by atoms with Gasteiger partial charge in [0.2, 0.25) is 5.91 Å². The summed E-state index contributed by atoms with van der Waals surface area (Å²) in [5.41, 5.74) is 4.08. The van der Waals surface area contributed by atoms with Crippen LogP contribution in [0, 0.1) is 13.8 Å². The molecule has 3 aromatic carbocycles. The van der Waals surface area contributed by atoms with E-state index in [9.17, 15) is 9.59 Å². The maximum atomic E-state index is 13.2. The number of anilines is 1. The molecule has 0 saturated carbocycles. The molecule has 0 saturated heterocycles. The summed E-state index contributed by atoms with van der Waals surface area (Å²) in [6, 6.07) is 22.6. The first kappa shape index (κ1) is 19.9. The number of carbonyl (C=O) groups excluding carboxylic acids is 1. The molecule has 0 aliphatic carbocycles. The number of nitrogens with one attached hydrogen (secondary N) is 1. The number of hydrogen-bond donors (Lipinski definition) is 1. The summed E-state index contributed by atoms with van der Waals surface area (Å²) in [6.07, 6.45) is 0. The monoisotopic (exact) mass is 415 g/mol. The lowest BCUT2D eigenvalue weighted by Crippen LogP contribution is -2.23. The summed E-state index contributed by atoms with van der Waals surface area (Å²) in [7, 11) is 0. The van der Waals surface area contributed by atoms with E-state index in [0.717, 1.165) is 22.5 Å². The van der Waals surface area contributed by atoms with E-state index >= 15 is 0 Å². The third kappa shape index (κ3) is 4.14. The topological polar surface area (TPSA) is 64.0 Å².